The minimum absolute atomic E-state index is 0.134. The number of anilines is 1. The van der Waals surface area contributed by atoms with E-state index in [0.29, 0.717) is 11.6 Å². The van der Waals surface area contributed by atoms with Gasteiger partial charge in [0.15, 0.2) is 5.82 Å². The highest BCUT2D eigenvalue weighted by molar-refractivity contribution is 5.67. The molecule has 0 aliphatic heterocycles. The van der Waals surface area contributed by atoms with Gasteiger partial charge in [-0.15, -0.1) is 0 Å². The van der Waals surface area contributed by atoms with Crippen molar-refractivity contribution < 1.29 is 4.74 Å². The van der Waals surface area contributed by atoms with E-state index in [9.17, 15) is 0 Å². The Morgan fingerprint density at radius 3 is 2.50 bits per heavy atom. The second-order valence-corrected chi connectivity index (χ2v) is 4.55. The molecule has 20 heavy (non-hydrogen) atoms. The first-order valence-electron chi connectivity index (χ1n) is 6.64. The Bertz CT molecular complexity index is 568. The minimum atomic E-state index is -0.134. The molecule has 1 heterocycles. The number of nitrogens with one attached hydrogen (secondary N) is 1. The zero-order chi connectivity index (χ0) is 14.5. The third-order valence-electron chi connectivity index (χ3n) is 3.29. The van der Waals surface area contributed by atoms with Crippen LogP contribution in [-0.4, -0.2) is 17.1 Å². The van der Waals surface area contributed by atoms with Gasteiger partial charge in [-0.25, -0.2) is 15.8 Å². The summed E-state index contributed by atoms with van der Waals surface area (Å²) in [7, 11) is 1.66. The highest BCUT2D eigenvalue weighted by Gasteiger charge is 2.17. The normalized spacial score (nSPS) is 12.2. The minimum Gasteiger partial charge on any atom is -0.373 e. The van der Waals surface area contributed by atoms with Crippen LogP contribution in [0.4, 0.5) is 5.82 Å². The average Bonchev–Trinajstić information content (AvgIpc) is 2.50. The van der Waals surface area contributed by atoms with E-state index in [1.54, 1.807) is 7.11 Å². The Hall–Kier alpha value is -1.98. The number of nitrogens with two attached hydrogens (primary N) is 1. The van der Waals surface area contributed by atoms with Gasteiger partial charge in [0, 0.05) is 18.2 Å². The topological polar surface area (TPSA) is 73.1 Å². The van der Waals surface area contributed by atoms with Crippen molar-refractivity contribution in [1.82, 2.24) is 9.97 Å². The Labute approximate surface area is 119 Å². The van der Waals surface area contributed by atoms with Gasteiger partial charge >= 0.3 is 0 Å². The van der Waals surface area contributed by atoms with E-state index in [0.717, 1.165) is 23.2 Å². The van der Waals surface area contributed by atoms with Gasteiger partial charge < -0.3 is 10.2 Å². The van der Waals surface area contributed by atoms with E-state index in [-0.39, 0.29) is 6.10 Å². The number of nitrogen functional groups attached to an aromatic ring is 1. The first-order chi connectivity index (χ1) is 9.71. The monoisotopic (exact) mass is 272 g/mol. The van der Waals surface area contributed by atoms with Crippen LogP contribution in [0.5, 0.6) is 0 Å². The molecule has 0 aliphatic carbocycles. The fourth-order valence-electron chi connectivity index (χ4n) is 2.15. The van der Waals surface area contributed by atoms with E-state index in [1.807, 2.05) is 44.2 Å². The van der Waals surface area contributed by atoms with E-state index >= 15 is 0 Å². The number of hydrogen-bond acceptors (Lipinski definition) is 5. The Kier molecular flexibility index (Phi) is 4.65. The zero-order valence-corrected chi connectivity index (χ0v) is 12.1. The van der Waals surface area contributed by atoms with Crippen molar-refractivity contribution in [2.24, 2.45) is 5.84 Å². The van der Waals surface area contributed by atoms with Crippen LogP contribution >= 0.6 is 0 Å². The summed E-state index contributed by atoms with van der Waals surface area (Å²) in [6.07, 6.45) is 0.669. The Balaban J connectivity index is 2.58. The van der Waals surface area contributed by atoms with Gasteiger partial charge in [-0.3, -0.25) is 0 Å². The second-order valence-electron chi connectivity index (χ2n) is 4.55. The molecule has 1 atom stereocenters. The molecule has 0 aliphatic rings. The zero-order valence-electron chi connectivity index (χ0n) is 12.1. The summed E-state index contributed by atoms with van der Waals surface area (Å²) in [5.74, 6) is 6.84. The van der Waals surface area contributed by atoms with Crippen LogP contribution in [0, 0.1) is 6.92 Å². The molecule has 5 nitrogen and oxygen atoms in total. The number of hydrazine groups is 1. The van der Waals surface area contributed by atoms with E-state index < -0.39 is 0 Å². The smallest absolute Gasteiger partial charge is 0.160 e. The first kappa shape index (κ1) is 14.4. The maximum atomic E-state index is 5.57. The van der Waals surface area contributed by atoms with Crippen LogP contribution in [0.15, 0.2) is 30.3 Å². The van der Waals surface area contributed by atoms with Gasteiger partial charge in [0.05, 0.1) is 5.69 Å². The molecule has 5 heteroatoms. The molecule has 0 amide bonds. The van der Waals surface area contributed by atoms with Gasteiger partial charge in [-0.2, -0.15) is 0 Å². The van der Waals surface area contributed by atoms with Gasteiger partial charge in [0.2, 0.25) is 0 Å². The van der Waals surface area contributed by atoms with Crippen molar-refractivity contribution in [1.29, 1.82) is 0 Å². The number of benzene rings is 1. The van der Waals surface area contributed by atoms with Crippen molar-refractivity contribution in [2.75, 3.05) is 12.5 Å². The highest BCUT2D eigenvalue weighted by atomic mass is 16.5. The first-order valence-corrected chi connectivity index (χ1v) is 6.64. The molecule has 106 valence electrons. The molecule has 0 radical (unpaired) electrons. The van der Waals surface area contributed by atoms with Crippen LogP contribution in [0.25, 0.3) is 11.3 Å². The van der Waals surface area contributed by atoms with Gasteiger partial charge in [-0.1, -0.05) is 37.3 Å². The van der Waals surface area contributed by atoms with Crippen molar-refractivity contribution in [3.8, 4) is 11.3 Å². The molecule has 2 rings (SSSR count). The van der Waals surface area contributed by atoms with E-state index in [4.69, 9.17) is 10.6 Å². The van der Waals surface area contributed by atoms with Gasteiger partial charge in [0.25, 0.3) is 0 Å². The summed E-state index contributed by atoms with van der Waals surface area (Å²) < 4.78 is 5.42. The lowest BCUT2D eigenvalue weighted by atomic mass is 10.1. The molecule has 0 fully saturated rings. The molecule has 0 saturated heterocycles. The fourth-order valence-corrected chi connectivity index (χ4v) is 2.15. The van der Waals surface area contributed by atoms with Crippen LogP contribution < -0.4 is 11.3 Å². The van der Waals surface area contributed by atoms with Gasteiger partial charge in [0.1, 0.15) is 11.9 Å². The number of methoxy groups -OCH3 is 1. The summed E-state index contributed by atoms with van der Waals surface area (Å²) in [5.41, 5.74) is 5.48. The van der Waals surface area contributed by atoms with Crippen LogP contribution in [-0.2, 0) is 4.74 Å². The summed E-state index contributed by atoms with van der Waals surface area (Å²) >= 11 is 0. The van der Waals surface area contributed by atoms with Crippen LogP contribution in [0.1, 0.15) is 30.8 Å². The van der Waals surface area contributed by atoms with E-state index in [1.165, 1.54) is 0 Å². The van der Waals surface area contributed by atoms with Crippen molar-refractivity contribution in [3.63, 3.8) is 0 Å². The van der Waals surface area contributed by atoms with E-state index in [2.05, 4.69) is 15.4 Å². The lowest BCUT2D eigenvalue weighted by molar-refractivity contribution is 0.0928. The maximum absolute atomic E-state index is 5.57. The number of ether oxygens (including phenoxy) is 1. The third kappa shape index (κ3) is 2.79. The predicted octanol–water partition coefficient (Wildman–Crippen LogP) is 2.84. The largest absolute Gasteiger partial charge is 0.373 e. The fraction of sp³-hybridized carbons (Fsp3) is 0.333. The average molecular weight is 272 g/mol. The number of aromatic nitrogens is 2. The predicted molar refractivity (Wildman–Crippen MR) is 80.1 cm³/mol. The molecule has 2 aromatic rings. The summed E-state index contributed by atoms with van der Waals surface area (Å²) in [4.78, 5) is 9.11. The molecule has 0 spiro atoms. The summed E-state index contributed by atoms with van der Waals surface area (Å²) in [6, 6.07) is 9.99. The standard InChI is InChI=1S/C15H20N4O/c1-4-12(20-3)15-17-13(10(2)14(18-15)19-16)11-8-6-5-7-9-11/h5-9,12H,4,16H2,1-3H3,(H,17,18,19). The van der Waals surface area contributed by atoms with Gasteiger partial charge in [-0.05, 0) is 13.3 Å². The summed E-state index contributed by atoms with van der Waals surface area (Å²) in [5, 5.41) is 0. The number of hydrogen-bond donors (Lipinski definition) is 2. The number of rotatable bonds is 5. The highest BCUT2D eigenvalue weighted by Crippen LogP contribution is 2.28. The maximum Gasteiger partial charge on any atom is 0.160 e. The lowest BCUT2D eigenvalue weighted by Crippen LogP contribution is -2.15. The molecule has 1 aromatic heterocycles. The quantitative estimate of drug-likeness (QED) is 0.646. The van der Waals surface area contributed by atoms with Crippen molar-refractivity contribution in [3.05, 3.63) is 41.7 Å². The van der Waals surface area contributed by atoms with Crippen molar-refractivity contribution in [2.45, 2.75) is 26.4 Å². The summed E-state index contributed by atoms with van der Waals surface area (Å²) in [6.45, 7) is 3.99. The molecule has 0 bridgehead atoms. The van der Waals surface area contributed by atoms with Crippen molar-refractivity contribution >= 4 is 5.82 Å². The van der Waals surface area contributed by atoms with Crippen LogP contribution in [0.2, 0.25) is 0 Å². The Morgan fingerprint density at radius 1 is 1.25 bits per heavy atom. The Morgan fingerprint density at radius 2 is 1.95 bits per heavy atom. The second kappa shape index (κ2) is 6.45. The molecule has 3 N–H and O–H groups in total. The third-order valence-corrected chi connectivity index (χ3v) is 3.29. The SMILES string of the molecule is CCC(OC)c1nc(NN)c(C)c(-c2ccccc2)n1. The van der Waals surface area contributed by atoms with Crippen LogP contribution in [0.3, 0.4) is 0 Å². The molecule has 1 unspecified atom stereocenters. The molecular formula is C15H20N4O. The molecule has 0 saturated carbocycles. The molecule has 1 aromatic carbocycles. The number of nitrogens with zero attached hydrogens (tertiary/aromatic N) is 2. The molecular weight excluding hydrogens is 252 g/mol. The lowest BCUT2D eigenvalue weighted by Gasteiger charge is -2.16.